The molecule has 0 unspecified atom stereocenters. The first kappa shape index (κ1) is 9.40. The van der Waals surface area contributed by atoms with Crippen LogP contribution in [0.5, 0.6) is 0 Å². The lowest BCUT2D eigenvalue weighted by Gasteiger charge is -2.29. The van der Waals surface area contributed by atoms with Crippen LogP contribution >= 0.6 is 0 Å². The van der Waals surface area contributed by atoms with Crippen LogP contribution in [-0.4, -0.2) is 10.7 Å². The molecule has 2 aliphatic rings. The molecular weight excluding hydrogens is 196 g/mol. The molecule has 0 N–H and O–H groups in total. The van der Waals surface area contributed by atoms with Crippen LogP contribution in [0.25, 0.3) is 0 Å². The smallest absolute Gasteiger partial charge is 0.133 e. The van der Waals surface area contributed by atoms with Gasteiger partial charge in [0.2, 0.25) is 0 Å². The minimum Gasteiger partial charge on any atom is -0.329 e. The molecule has 0 bridgehead atoms. The van der Waals surface area contributed by atoms with E-state index in [0.717, 1.165) is 18.1 Å². The second kappa shape index (κ2) is 3.34. The lowest BCUT2D eigenvalue weighted by molar-refractivity contribution is 0.542. The van der Waals surface area contributed by atoms with E-state index in [-0.39, 0.29) is 0 Å². The highest BCUT2D eigenvalue weighted by Gasteiger charge is 2.20. The average Bonchev–Trinajstić information content (AvgIpc) is 2.32. The molecule has 2 aliphatic heterocycles. The molecule has 1 aromatic carbocycles. The van der Waals surface area contributed by atoms with Gasteiger partial charge in [-0.2, -0.15) is 0 Å². The second-order valence-electron chi connectivity index (χ2n) is 4.33. The van der Waals surface area contributed by atoms with E-state index in [9.17, 15) is 0 Å². The summed E-state index contributed by atoms with van der Waals surface area (Å²) in [5, 5.41) is 0. The lowest BCUT2D eigenvalue weighted by atomic mass is 10.00. The van der Waals surface area contributed by atoms with Gasteiger partial charge in [-0.3, -0.25) is 0 Å². The third kappa shape index (κ3) is 1.30. The van der Waals surface area contributed by atoms with Gasteiger partial charge in [-0.05, 0) is 37.1 Å². The number of nitrogens with zero attached hydrogens (tertiary/aromatic N) is 2. The zero-order valence-corrected chi connectivity index (χ0v) is 9.57. The Balaban J connectivity index is 2.21. The molecular formula is C14H14N2. The largest absolute Gasteiger partial charge is 0.329 e. The number of hydrogen-bond acceptors (Lipinski definition) is 2. The summed E-state index contributed by atoms with van der Waals surface area (Å²) in [6.45, 7) is 5.21. The molecule has 0 amide bonds. The zero-order valence-electron chi connectivity index (χ0n) is 9.57. The van der Waals surface area contributed by atoms with Gasteiger partial charge >= 0.3 is 0 Å². The quantitative estimate of drug-likeness (QED) is 0.642. The van der Waals surface area contributed by atoms with Crippen LogP contribution in [0.2, 0.25) is 0 Å². The van der Waals surface area contributed by atoms with E-state index in [0.29, 0.717) is 0 Å². The van der Waals surface area contributed by atoms with E-state index in [1.165, 1.54) is 16.7 Å². The molecule has 0 saturated carbocycles. The fraction of sp³-hybridized carbons (Fsp3) is 0.214. The van der Waals surface area contributed by atoms with E-state index in [1.54, 1.807) is 0 Å². The van der Waals surface area contributed by atoms with Crippen molar-refractivity contribution in [3.8, 4) is 0 Å². The van der Waals surface area contributed by atoms with Gasteiger partial charge in [0, 0.05) is 11.8 Å². The Kier molecular flexibility index (Phi) is 1.96. The Morgan fingerprint density at radius 3 is 2.81 bits per heavy atom. The zero-order chi connectivity index (χ0) is 11.1. The number of amidine groups is 1. The summed E-state index contributed by atoms with van der Waals surface area (Å²) in [5.74, 6) is 1.05. The van der Waals surface area contributed by atoms with Gasteiger partial charge < -0.3 is 4.90 Å². The highest BCUT2D eigenvalue weighted by molar-refractivity contribution is 5.98. The van der Waals surface area contributed by atoms with E-state index in [1.807, 2.05) is 6.08 Å². The van der Waals surface area contributed by atoms with Crippen molar-refractivity contribution < 1.29 is 0 Å². The summed E-state index contributed by atoms with van der Waals surface area (Å²) in [6, 6.07) is 4.33. The molecule has 2 nitrogen and oxygen atoms in total. The number of aryl methyl sites for hydroxylation is 2. The number of fused-ring (bicyclic) bond motifs is 2. The molecule has 0 atom stereocenters. The Morgan fingerprint density at radius 2 is 1.94 bits per heavy atom. The van der Waals surface area contributed by atoms with Crippen molar-refractivity contribution in [1.29, 1.82) is 0 Å². The van der Waals surface area contributed by atoms with Crippen LogP contribution in [0, 0.1) is 13.8 Å². The molecule has 2 heteroatoms. The van der Waals surface area contributed by atoms with Crippen molar-refractivity contribution in [2.24, 2.45) is 4.99 Å². The predicted octanol–water partition coefficient (Wildman–Crippen LogP) is 3.23. The van der Waals surface area contributed by atoms with Gasteiger partial charge in [0.1, 0.15) is 5.84 Å². The molecule has 0 radical (unpaired) electrons. The lowest BCUT2D eigenvalue weighted by Crippen LogP contribution is -2.28. The van der Waals surface area contributed by atoms with E-state index in [4.69, 9.17) is 4.99 Å². The van der Waals surface area contributed by atoms with E-state index >= 15 is 0 Å². The normalized spacial score (nSPS) is 16.9. The molecule has 80 valence electrons. The van der Waals surface area contributed by atoms with Crippen molar-refractivity contribution in [2.45, 2.75) is 20.4 Å². The first-order chi connectivity index (χ1) is 7.75. The number of allylic oxidation sites excluding steroid dienone is 2. The monoisotopic (exact) mass is 210 g/mol. The van der Waals surface area contributed by atoms with Gasteiger partial charge in [-0.1, -0.05) is 18.2 Å². The Bertz CT molecular complexity index is 536. The van der Waals surface area contributed by atoms with Gasteiger partial charge in [0.15, 0.2) is 0 Å². The molecule has 2 heterocycles. The third-order valence-corrected chi connectivity index (χ3v) is 3.19. The van der Waals surface area contributed by atoms with Gasteiger partial charge in [0.25, 0.3) is 0 Å². The maximum atomic E-state index is 4.73. The number of aliphatic imine (C=N–C) groups is 1. The van der Waals surface area contributed by atoms with Crippen molar-refractivity contribution >= 4 is 11.5 Å². The van der Waals surface area contributed by atoms with Gasteiger partial charge in [-0.15, -0.1) is 0 Å². The Morgan fingerprint density at radius 1 is 1.12 bits per heavy atom. The van der Waals surface area contributed by atoms with Crippen LogP contribution < -0.4 is 0 Å². The maximum Gasteiger partial charge on any atom is 0.133 e. The predicted molar refractivity (Wildman–Crippen MR) is 66.8 cm³/mol. The van der Waals surface area contributed by atoms with Crippen LogP contribution in [0.3, 0.4) is 0 Å². The summed E-state index contributed by atoms with van der Waals surface area (Å²) < 4.78 is 0. The molecule has 1 aromatic rings. The highest BCUT2D eigenvalue weighted by atomic mass is 15.2. The fourth-order valence-electron chi connectivity index (χ4n) is 2.20. The topological polar surface area (TPSA) is 15.6 Å². The Hall–Kier alpha value is -1.83. The standard InChI is InChI=1S/C14H14N2/c1-10-6-7-11(2)14-12(10)9-16-8-4-3-5-13(16)15-14/h3-8H,9H2,1-2H3. The maximum absolute atomic E-state index is 4.73. The molecule has 0 spiro atoms. The minimum absolute atomic E-state index is 0.933. The molecule has 0 aromatic heterocycles. The third-order valence-electron chi connectivity index (χ3n) is 3.19. The van der Waals surface area contributed by atoms with Crippen molar-refractivity contribution in [3.63, 3.8) is 0 Å². The minimum atomic E-state index is 0.933. The first-order valence-corrected chi connectivity index (χ1v) is 5.55. The molecule has 0 aliphatic carbocycles. The van der Waals surface area contributed by atoms with Crippen LogP contribution in [0.15, 0.2) is 41.6 Å². The summed E-state index contributed by atoms with van der Waals surface area (Å²) in [4.78, 5) is 6.92. The summed E-state index contributed by atoms with van der Waals surface area (Å²) in [5.41, 5.74) is 5.09. The number of hydrogen-bond donors (Lipinski definition) is 0. The van der Waals surface area contributed by atoms with Crippen LogP contribution in [-0.2, 0) is 6.54 Å². The SMILES string of the molecule is Cc1ccc(C)c2c1CN1C=CC=CC1=N2. The number of rotatable bonds is 0. The summed E-state index contributed by atoms with van der Waals surface area (Å²) in [6.07, 6.45) is 8.23. The fourth-order valence-corrected chi connectivity index (χ4v) is 2.20. The summed E-state index contributed by atoms with van der Waals surface area (Å²) in [7, 11) is 0. The summed E-state index contributed by atoms with van der Waals surface area (Å²) >= 11 is 0. The second-order valence-corrected chi connectivity index (χ2v) is 4.33. The van der Waals surface area contributed by atoms with Crippen LogP contribution in [0.4, 0.5) is 5.69 Å². The van der Waals surface area contributed by atoms with Gasteiger partial charge in [-0.25, -0.2) is 4.99 Å². The highest BCUT2D eigenvalue weighted by Crippen LogP contribution is 2.33. The number of benzene rings is 1. The first-order valence-electron chi connectivity index (χ1n) is 5.55. The van der Waals surface area contributed by atoms with Crippen molar-refractivity contribution in [2.75, 3.05) is 0 Å². The van der Waals surface area contributed by atoms with E-state index in [2.05, 4.69) is 49.2 Å². The molecule has 0 fully saturated rings. The van der Waals surface area contributed by atoms with Crippen molar-refractivity contribution in [1.82, 2.24) is 4.90 Å². The molecule has 0 saturated heterocycles. The van der Waals surface area contributed by atoms with Crippen LogP contribution in [0.1, 0.15) is 16.7 Å². The Labute approximate surface area is 95.6 Å². The van der Waals surface area contributed by atoms with Crippen molar-refractivity contribution in [3.05, 3.63) is 53.3 Å². The van der Waals surface area contributed by atoms with Gasteiger partial charge in [0.05, 0.1) is 12.2 Å². The molecule has 16 heavy (non-hydrogen) atoms. The molecule has 3 rings (SSSR count). The average molecular weight is 210 g/mol. The van der Waals surface area contributed by atoms with E-state index < -0.39 is 0 Å².